The van der Waals surface area contributed by atoms with Gasteiger partial charge in [0.2, 0.25) is 0 Å². The number of alkyl halides is 3. The first-order valence-corrected chi connectivity index (χ1v) is 7.82. The Kier molecular flexibility index (Phi) is 5.25. The van der Waals surface area contributed by atoms with Crippen LogP contribution in [0.15, 0.2) is 18.2 Å². The Bertz CT molecular complexity index is 616. The maximum absolute atomic E-state index is 10.6. The predicted octanol–water partition coefficient (Wildman–Crippen LogP) is 3.42. The van der Waals surface area contributed by atoms with Crippen LogP contribution in [-0.4, -0.2) is 35.9 Å². The van der Waals surface area contributed by atoms with E-state index in [1.807, 2.05) is 0 Å². The summed E-state index contributed by atoms with van der Waals surface area (Å²) in [5, 5.41) is 10.6. The molecule has 1 saturated heterocycles. The van der Waals surface area contributed by atoms with Crippen molar-refractivity contribution < 1.29 is 27.8 Å². The predicted molar refractivity (Wildman–Crippen MR) is 83.0 cm³/mol. The summed E-state index contributed by atoms with van der Waals surface area (Å²) in [7, 11) is 0. The molecule has 7 heteroatoms. The van der Waals surface area contributed by atoms with Gasteiger partial charge in [-0.1, -0.05) is 32.0 Å². The Hall–Kier alpha value is -1.60. The molecule has 2 heterocycles. The van der Waals surface area contributed by atoms with Gasteiger partial charge in [-0.15, -0.1) is 0 Å². The number of hydrogen-bond acceptors (Lipinski definition) is 3. The van der Waals surface area contributed by atoms with Gasteiger partial charge in [-0.25, -0.2) is 4.79 Å². The minimum absolute atomic E-state index is 0.00258. The highest BCUT2D eigenvalue weighted by atomic mass is 19.4. The maximum Gasteiger partial charge on any atom is 0.490 e. The van der Waals surface area contributed by atoms with E-state index in [-0.39, 0.29) is 5.60 Å². The first kappa shape index (κ1) is 18.7. The van der Waals surface area contributed by atoms with E-state index in [2.05, 4.69) is 44.3 Å². The van der Waals surface area contributed by atoms with Crippen molar-refractivity contribution in [2.45, 2.75) is 51.0 Å². The molecule has 0 saturated carbocycles. The molecule has 0 aliphatic carbocycles. The highest BCUT2D eigenvalue weighted by molar-refractivity contribution is 5.73. The molecule has 0 amide bonds. The van der Waals surface area contributed by atoms with Crippen molar-refractivity contribution in [1.82, 2.24) is 5.32 Å². The Labute approximate surface area is 139 Å². The second kappa shape index (κ2) is 6.72. The highest BCUT2D eigenvalue weighted by Crippen LogP contribution is 2.43. The Morgan fingerprint density at radius 3 is 2.58 bits per heavy atom. The number of nitrogens with one attached hydrogen (secondary N) is 1. The third-order valence-corrected chi connectivity index (χ3v) is 4.60. The number of halogens is 3. The molecule has 2 aliphatic heterocycles. The minimum atomic E-state index is -5.08. The van der Waals surface area contributed by atoms with Gasteiger partial charge in [0.1, 0.15) is 0 Å². The van der Waals surface area contributed by atoms with Crippen LogP contribution in [0.5, 0.6) is 0 Å². The van der Waals surface area contributed by atoms with Crippen LogP contribution in [0.3, 0.4) is 0 Å². The van der Waals surface area contributed by atoms with Crippen LogP contribution in [0.1, 0.15) is 49.3 Å². The van der Waals surface area contributed by atoms with Gasteiger partial charge in [0.15, 0.2) is 0 Å². The fourth-order valence-electron chi connectivity index (χ4n) is 3.29. The van der Waals surface area contributed by atoms with Crippen LogP contribution in [0.2, 0.25) is 0 Å². The molecule has 2 atom stereocenters. The van der Waals surface area contributed by atoms with E-state index >= 15 is 0 Å². The lowest BCUT2D eigenvalue weighted by Gasteiger charge is -2.38. The van der Waals surface area contributed by atoms with Crippen molar-refractivity contribution in [2.24, 2.45) is 0 Å². The molecular weight excluding hydrogens is 323 g/mol. The van der Waals surface area contributed by atoms with Crippen LogP contribution in [-0.2, 0) is 16.1 Å². The molecule has 4 nitrogen and oxygen atoms in total. The number of hydrogen-bond donors (Lipinski definition) is 2. The number of carboxylic acids is 1. The standard InChI is InChI=1S/C15H21NO.C2HF3O2/c1-10(2)11-5-4-6-12-13(11)8-17-15(3)9-16-7-14(12)15;3-2(4,5)1(6)7/h4-6,10,14,16H,7-9H2,1-3H3;(H,6,7). The normalized spacial score (nSPS) is 25.5. The summed E-state index contributed by atoms with van der Waals surface area (Å²) < 4.78 is 37.9. The van der Waals surface area contributed by atoms with Crippen LogP contribution in [0, 0.1) is 0 Å². The van der Waals surface area contributed by atoms with Crippen LogP contribution in [0.25, 0.3) is 0 Å². The number of fused-ring (bicyclic) bond motifs is 3. The van der Waals surface area contributed by atoms with E-state index in [1.54, 1.807) is 0 Å². The zero-order chi connectivity index (χ0) is 18.1. The molecule has 0 bridgehead atoms. The number of carbonyl (C=O) groups is 1. The van der Waals surface area contributed by atoms with Crippen molar-refractivity contribution in [3.8, 4) is 0 Å². The lowest BCUT2D eigenvalue weighted by molar-refractivity contribution is -0.192. The van der Waals surface area contributed by atoms with Crippen LogP contribution >= 0.6 is 0 Å². The van der Waals surface area contributed by atoms with E-state index in [0.29, 0.717) is 11.8 Å². The van der Waals surface area contributed by atoms with Crippen molar-refractivity contribution in [3.63, 3.8) is 0 Å². The second-order valence-corrected chi connectivity index (χ2v) is 6.66. The summed E-state index contributed by atoms with van der Waals surface area (Å²) >= 11 is 0. The summed E-state index contributed by atoms with van der Waals surface area (Å²) in [5.74, 6) is -1.66. The lowest BCUT2D eigenvalue weighted by Crippen LogP contribution is -2.40. The molecular formula is C17H22F3NO3. The number of carboxylic acid groups (broad SMARTS) is 1. The molecule has 0 aromatic heterocycles. The van der Waals surface area contributed by atoms with E-state index in [0.717, 1.165) is 19.7 Å². The smallest absolute Gasteiger partial charge is 0.475 e. The number of rotatable bonds is 1. The number of aliphatic carboxylic acids is 1. The highest BCUT2D eigenvalue weighted by Gasteiger charge is 2.44. The molecule has 24 heavy (non-hydrogen) atoms. The average Bonchev–Trinajstić information content (AvgIpc) is 2.88. The SMILES string of the molecule is CC(C)c1cccc2c1COC1(C)CNCC21.O=C(O)C(F)(F)F. The van der Waals surface area contributed by atoms with Crippen molar-refractivity contribution in [2.75, 3.05) is 13.1 Å². The summed E-state index contributed by atoms with van der Waals surface area (Å²) in [6.07, 6.45) is -5.08. The van der Waals surface area contributed by atoms with Crippen molar-refractivity contribution >= 4 is 5.97 Å². The fraction of sp³-hybridized carbons (Fsp3) is 0.588. The quantitative estimate of drug-likeness (QED) is 0.819. The van der Waals surface area contributed by atoms with E-state index in [9.17, 15) is 13.2 Å². The second-order valence-electron chi connectivity index (χ2n) is 6.66. The Morgan fingerprint density at radius 1 is 1.42 bits per heavy atom. The van der Waals surface area contributed by atoms with E-state index < -0.39 is 12.1 Å². The van der Waals surface area contributed by atoms with E-state index in [1.165, 1.54) is 16.7 Å². The average molecular weight is 345 g/mol. The molecule has 1 fully saturated rings. The first-order chi connectivity index (χ1) is 11.1. The van der Waals surface area contributed by atoms with Gasteiger partial charge in [-0.05, 0) is 29.5 Å². The van der Waals surface area contributed by atoms with Gasteiger partial charge in [0, 0.05) is 19.0 Å². The molecule has 2 aliphatic rings. The summed E-state index contributed by atoms with van der Waals surface area (Å²) in [6, 6.07) is 6.75. The van der Waals surface area contributed by atoms with Gasteiger partial charge >= 0.3 is 12.1 Å². The summed E-state index contributed by atoms with van der Waals surface area (Å²) in [4.78, 5) is 8.90. The van der Waals surface area contributed by atoms with Gasteiger partial charge < -0.3 is 15.2 Å². The molecule has 0 spiro atoms. The molecule has 134 valence electrons. The number of benzene rings is 1. The fourth-order valence-corrected chi connectivity index (χ4v) is 3.29. The van der Waals surface area contributed by atoms with E-state index in [4.69, 9.17) is 14.6 Å². The Morgan fingerprint density at radius 2 is 2.04 bits per heavy atom. The van der Waals surface area contributed by atoms with Gasteiger partial charge in [-0.3, -0.25) is 0 Å². The third-order valence-electron chi connectivity index (χ3n) is 4.60. The monoisotopic (exact) mass is 345 g/mol. The van der Waals surface area contributed by atoms with Crippen molar-refractivity contribution in [3.05, 3.63) is 34.9 Å². The van der Waals surface area contributed by atoms with Gasteiger partial charge in [0.05, 0.1) is 12.2 Å². The lowest BCUT2D eigenvalue weighted by atomic mass is 9.79. The molecule has 1 aromatic carbocycles. The molecule has 3 rings (SSSR count). The summed E-state index contributed by atoms with van der Waals surface area (Å²) in [5.41, 5.74) is 4.41. The van der Waals surface area contributed by atoms with Crippen LogP contribution < -0.4 is 5.32 Å². The third kappa shape index (κ3) is 3.72. The molecule has 2 unspecified atom stereocenters. The van der Waals surface area contributed by atoms with Gasteiger partial charge in [0.25, 0.3) is 0 Å². The van der Waals surface area contributed by atoms with Gasteiger partial charge in [-0.2, -0.15) is 13.2 Å². The molecule has 2 N–H and O–H groups in total. The first-order valence-electron chi connectivity index (χ1n) is 7.82. The maximum atomic E-state index is 10.6. The van der Waals surface area contributed by atoms with Crippen molar-refractivity contribution in [1.29, 1.82) is 0 Å². The Balaban J connectivity index is 0.000000256. The van der Waals surface area contributed by atoms with Crippen LogP contribution in [0.4, 0.5) is 13.2 Å². The molecule has 0 radical (unpaired) electrons. The molecule has 1 aromatic rings. The zero-order valence-electron chi connectivity index (χ0n) is 13.9. The largest absolute Gasteiger partial charge is 0.490 e. The minimum Gasteiger partial charge on any atom is -0.475 e. The zero-order valence-corrected chi connectivity index (χ0v) is 13.9. The summed E-state index contributed by atoms with van der Waals surface area (Å²) in [6.45, 7) is 9.56. The topological polar surface area (TPSA) is 58.6 Å². The number of ether oxygens (including phenoxy) is 1.